The number of benzene rings is 10. The molecular formula is C64H47N. The van der Waals surface area contributed by atoms with Crippen molar-refractivity contribution >= 4 is 17.1 Å². The summed E-state index contributed by atoms with van der Waals surface area (Å²) in [7, 11) is 0. The van der Waals surface area contributed by atoms with Crippen molar-refractivity contribution in [1.29, 1.82) is 0 Å². The van der Waals surface area contributed by atoms with Crippen molar-refractivity contribution < 1.29 is 0 Å². The van der Waals surface area contributed by atoms with E-state index in [1.54, 1.807) is 0 Å². The number of rotatable bonds is 7. The second-order valence-corrected chi connectivity index (χ2v) is 18.1. The van der Waals surface area contributed by atoms with E-state index in [2.05, 4.69) is 267 Å². The third-order valence-corrected chi connectivity index (χ3v) is 14.2. The second kappa shape index (κ2) is 15.4. The molecule has 0 aromatic heterocycles. The smallest absolute Gasteiger partial charge is 0.0719 e. The van der Waals surface area contributed by atoms with Crippen LogP contribution in [0.4, 0.5) is 17.1 Å². The van der Waals surface area contributed by atoms with E-state index < -0.39 is 5.41 Å². The number of nitrogens with zero attached hydrogens (tertiary/aromatic N) is 1. The average Bonchev–Trinajstić information content (AvgIpc) is 3.67. The molecule has 0 bridgehead atoms. The zero-order chi connectivity index (χ0) is 43.5. The average molecular weight is 830 g/mol. The molecule has 0 saturated heterocycles. The van der Waals surface area contributed by atoms with Gasteiger partial charge in [-0.25, -0.2) is 0 Å². The molecule has 0 amide bonds. The maximum atomic E-state index is 2.49. The van der Waals surface area contributed by atoms with Crippen LogP contribution in [0.25, 0.3) is 55.6 Å². The molecule has 10 aromatic rings. The van der Waals surface area contributed by atoms with E-state index >= 15 is 0 Å². The van der Waals surface area contributed by atoms with Gasteiger partial charge >= 0.3 is 0 Å². The Morgan fingerprint density at radius 1 is 0.246 bits per heavy atom. The molecule has 0 saturated carbocycles. The minimum absolute atomic E-state index is 0.128. The van der Waals surface area contributed by atoms with Crippen LogP contribution in [0.5, 0.6) is 0 Å². The summed E-state index contributed by atoms with van der Waals surface area (Å²) >= 11 is 0. The molecule has 0 aliphatic heterocycles. The Balaban J connectivity index is 0.895. The molecule has 2 aliphatic carbocycles. The minimum Gasteiger partial charge on any atom is -0.311 e. The first-order valence-corrected chi connectivity index (χ1v) is 22.7. The number of hydrogen-bond acceptors (Lipinski definition) is 1. The quantitative estimate of drug-likeness (QED) is 0.155. The molecule has 12 rings (SSSR count). The van der Waals surface area contributed by atoms with Crippen molar-refractivity contribution in [3.63, 3.8) is 0 Å². The lowest BCUT2D eigenvalue weighted by Gasteiger charge is -2.46. The van der Waals surface area contributed by atoms with Gasteiger partial charge < -0.3 is 4.90 Å². The fourth-order valence-corrected chi connectivity index (χ4v) is 11.1. The van der Waals surface area contributed by atoms with Crippen LogP contribution < -0.4 is 4.90 Å². The second-order valence-electron chi connectivity index (χ2n) is 18.1. The summed E-state index contributed by atoms with van der Waals surface area (Å²) in [5, 5.41) is 0. The molecule has 0 fully saturated rings. The molecular weight excluding hydrogens is 783 g/mol. The minimum atomic E-state index is -0.419. The highest BCUT2D eigenvalue weighted by Gasteiger charge is 2.53. The third-order valence-electron chi connectivity index (χ3n) is 14.2. The summed E-state index contributed by atoms with van der Waals surface area (Å²) in [6.07, 6.45) is 0. The van der Waals surface area contributed by atoms with Gasteiger partial charge in [-0.15, -0.1) is 0 Å². The first kappa shape index (κ1) is 38.7. The maximum Gasteiger partial charge on any atom is 0.0719 e. The first-order chi connectivity index (χ1) is 32.0. The van der Waals surface area contributed by atoms with Gasteiger partial charge in [0.1, 0.15) is 0 Å². The highest BCUT2D eigenvalue weighted by molar-refractivity contribution is 5.91. The van der Waals surface area contributed by atoms with Gasteiger partial charge in [-0.1, -0.05) is 208 Å². The zero-order valence-corrected chi connectivity index (χ0v) is 36.6. The molecule has 308 valence electrons. The van der Waals surface area contributed by atoms with E-state index in [9.17, 15) is 0 Å². The SMILES string of the molecule is CC1(C)c2ccccc2C2(c3ccccc3-c3ccc(-c4cccc(-c5cccc(-c6ccc(N(c7ccccc7)c7ccc(-c8ccccc8)cc7)cc6)c5)c4)cc32)c2ccccc21. The van der Waals surface area contributed by atoms with Crippen molar-refractivity contribution in [2.75, 3.05) is 4.90 Å². The van der Waals surface area contributed by atoms with E-state index in [4.69, 9.17) is 0 Å². The molecule has 1 heteroatoms. The Labute approximate surface area is 382 Å². The van der Waals surface area contributed by atoms with Crippen LogP contribution in [0, 0.1) is 0 Å². The van der Waals surface area contributed by atoms with Gasteiger partial charge in [0.15, 0.2) is 0 Å². The van der Waals surface area contributed by atoms with E-state index in [-0.39, 0.29) is 5.41 Å². The van der Waals surface area contributed by atoms with Crippen molar-refractivity contribution in [1.82, 2.24) is 0 Å². The summed E-state index contributed by atoms with van der Waals surface area (Å²) in [5.41, 5.74) is 23.3. The van der Waals surface area contributed by atoms with Gasteiger partial charge in [0.05, 0.1) is 5.41 Å². The van der Waals surface area contributed by atoms with Gasteiger partial charge in [0.25, 0.3) is 0 Å². The van der Waals surface area contributed by atoms with Crippen molar-refractivity contribution in [3.8, 4) is 55.6 Å². The van der Waals surface area contributed by atoms with Crippen LogP contribution in [-0.2, 0) is 10.8 Å². The normalized spacial score (nSPS) is 13.6. The topological polar surface area (TPSA) is 3.24 Å². The maximum absolute atomic E-state index is 2.49. The molecule has 0 unspecified atom stereocenters. The first-order valence-electron chi connectivity index (χ1n) is 22.7. The molecule has 1 spiro atoms. The van der Waals surface area contributed by atoms with E-state index in [0.29, 0.717) is 0 Å². The largest absolute Gasteiger partial charge is 0.311 e. The molecule has 65 heavy (non-hydrogen) atoms. The van der Waals surface area contributed by atoms with Crippen molar-refractivity contribution in [3.05, 3.63) is 282 Å². The van der Waals surface area contributed by atoms with Crippen LogP contribution in [-0.4, -0.2) is 0 Å². The zero-order valence-electron chi connectivity index (χ0n) is 36.6. The molecule has 0 heterocycles. The van der Waals surface area contributed by atoms with Crippen LogP contribution in [0.1, 0.15) is 47.2 Å². The van der Waals surface area contributed by atoms with Gasteiger partial charge in [0.2, 0.25) is 0 Å². The van der Waals surface area contributed by atoms with Gasteiger partial charge in [-0.3, -0.25) is 0 Å². The number of para-hydroxylation sites is 1. The van der Waals surface area contributed by atoms with Crippen molar-refractivity contribution in [2.24, 2.45) is 0 Å². The monoisotopic (exact) mass is 829 g/mol. The molecule has 0 radical (unpaired) electrons. The van der Waals surface area contributed by atoms with E-state index in [0.717, 1.165) is 17.1 Å². The molecule has 1 nitrogen and oxygen atoms in total. The van der Waals surface area contributed by atoms with Gasteiger partial charge in [-0.05, 0) is 144 Å². The summed E-state index contributed by atoms with van der Waals surface area (Å²) in [6, 6.07) is 91.7. The van der Waals surface area contributed by atoms with Crippen LogP contribution in [0.2, 0.25) is 0 Å². The van der Waals surface area contributed by atoms with Crippen LogP contribution in [0.3, 0.4) is 0 Å². The number of hydrogen-bond donors (Lipinski definition) is 0. The van der Waals surface area contributed by atoms with Crippen LogP contribution in [0.15, 0.2) is 249 Å². The standard InChI is InChI=1S/C64H47N/c1-63(2)58-27-11-13-29-60(58)64(61-30-14-12-28-59(61)63)57-26-10-9-25-55(57)56-40-35-51(43-62(56)64)50-22-16-21-49(42-50)48-20-15-19-47(41-48)46-33-38-54(39-34-46)65(52-23-7-4-8-24-52)53-36-31-45(32-37-53)44-17-5-3-6-18-44/h3-43H,1-2H3. The molecule has 2 aliphatic rings. The summed E-state index contributed by atoms with van der Waals surface area (Å²) in [5.74, 6) is 0. The summed E-state index contributed by atoms with van der Waals surface area (Å²) in [4.78, 5) is 2.33. The van der Waals surface area contributed by atoms with Gasteiger partial charge in [-0.2, -0.15) is 0 Å². The lowest BCUT2D eigenvalue weighted by molar-refractivity contribution is 0.563. The predicted octanol–water partition coefficient (Wildman–Crippen LogP) is 16.8. The Morgan fingerprint density at radius 2 is 0.600 bits per heavy atom. The van der Waals surface area contributed by atoms with E-state index in [1.807, 2.05) is 0 Å². The molecule has 10 aromatic carbocycles. The van der Waals surface area contributed by atoms with Crippen LogP contribution >= 0.6 is 0 Å². The molecule has 0 N–H and O–H groups in total. The highest BCUT2D eigenvalue weighted by Crippen LogP contribution is 2.62. The van der Waals surface area contributed by atoms with Crippen molar-refractivity contribution in [2.45, 2.75) is 24.7 Å². The lowest BCUT2D eigenvalue weighted by Crippen LogP contribution is -2.40. The molecule has 0 atom stereocenters. The fourth-order valence-electron chi connectivity index (χ4n) is 11.1. The Bertz CT molecular complexity index is 3330. The summed E-state index contributed by atoms with van der Waals surface area (Å²) in [6.45, 7) is 4.77. The van der Waals surface area contributed by atoms with Gasteiger partial charge in [0, 0.05) is 22.5 Å². The third kappa shape index (κ3) is 6.22. The highest BCUT2D eigenvalue weighted by atomic mass is 15.1. The predicted molar refractivity (Wildman–Crippen MR) is 272 cm³/mol. The Kier molecular flexibility index (Phi) is 9.14. The fraction of sp³-hybridized carbons (Fsp3) is 0.0625. The summed E-state index contributed by atoms with van der Waals surface area (Å²) < 4.78 is 0. The number of anilines is 3. The van der Waals surface area contributed by atoms with E-state index in [1.165, 1.54) is 89.0 Å². The Morgan fingerprint density at radius 3 is 1.15 bits per heavy atom. The number of fused-ring (bicyclic) bond motifs is 9. The Hall–Kier alpha value is -8.00. The lowest BCUT2D eigenvalue weighted by atomic mass is 9.55.